The van der Waals surface area contributed by atoms with Gasteiger partial charge < -0.3 is 29.5 Å². The molecule has 2 atom stereocenters. The summed E-state index contributed by atoms with van der Waals surface area (Å²) in [4.78, 5) is 13.1. The van der Waals surface area contributed by atoms with Gasteiger partial charge in [-0.25, -0.2) is 0 Å². The Kier molecular flexibility index (Phi) is 6.24. The van der Waals surface area contributed by atoms with Gasteiger partial charge in [0, 0.05) is 18.1 Å². The molecule has 7 nitrogen and oxygen atoms in total. The smallest absolute Gasteiger partial charge is 0.193 e. The molecular formula is C26H24O7. The predicted molar refractivity (Wildman–Crippen MR) is 122 cm³/mol. The SMILES string of the molecule is COc1cc([C@H]2Oc3c(c(OC)cc(O)c3C(=O)/C=C/c3ccccc3)C[C@@H]2O)ccc1O. The van der Waals surface area contributed by atoms with Crippen LogP contribution < -0.4 is 14.2 Å². The highest BCUT2D eigenvalue weighted by molar-refractivity contribution is 6.11. The van der Waals surface area contributed by atoms with Gasteiger partial charge in [-0.2, -0.15) is 0 Å². The fourth-order valence-corrected chi connectivity index (χ4v) is 3.91. The first-order chi connectivity index (χ1) is 15.9. The molecule has 4 rings (SSSR count). The highest BCUT2D eigenvalue weighted by atomic mass is 16.5. The summed E-state index contributed by atoms with van der Waals surface area (Å²) >= 11 is 0. The van der Waals surface area contributed by atoms with Crippen LogP contribution >= 0.6 is 0 Å². The van der Waals surface area contributed by atoms with Gasteiger partial charge in [0.25, 0.3) is 0 Å². The van der Waals surface area contributed by atoms with Crippen molar-refractivity contribution in [2.24, 2.45) is 0 Å². The van der Waals surface area contributed by atoms with Gasteiger partial charge in [-0.1, -0.05) is 42.5 Å². The molecule has 1 aliphatic heterocycles. The Morgan fingerprint density at radius 2 is 1.73 bits per heavy atom. The first-order valence-electron chi connectivity index (χ1n) is 10.3. The van der Waals surface area contributed by atoms with E-state index >= 15 is 0 Å². The first kappa shape index (κ1) is 22.2. The molecule has 3 aromatic carbocycles. The number of carbonyl (C=O) groups excluding carboxylic acids is 1. The van der Waals surface area contributed by atoms with Crippen LogP contribution in [0.25, 0.3) is 6.08 Å². The maximum Gasteiger partial charge on any atom is 0.193 e. The number of benzene rings is 3. The summed E-state index contributed by atoms with van der Waals surface area (Å²) in [6.45, 7) is 0. The van der Waals surface area contributed by atoms with Crippen LogP contribution in [0.3, 0.4) is 0 Å². The number of aliphatic hydroxyl groups is 1. The van der Waals surface area contributed by atoms with Crippen molar-refractivity contribution in [3.05, 3.63) is 82.9 Å². The number of ether oxygens (including phenoxy) is 3. The van der Waals surface area contributed by atoms with E-state index in [0.29, 0.717) is 16.9 Å². The van der Waals surface area contributed by atoms with E-state index in [1.165, 1.54) is 32.4 Å². The number of aromatic hydroxyl groups is 2. The van der Waals surface area contributed by atoms with Crippen LogP contribution in [0.5, 0.6) is 28.7 Å². The number of phenolic OH excluding ortho intramolecular Hbond substituents is 2. The van der Waals surface area contributed by atoms with Crippen molar-refractivity contribution in [1.29, 1.82) is 0 Å². The summed E-state index contributed by atoms with van der Waals surface area (Å²) in [5.74, 6) is -0.0953. The highest BCUT2D eigenvalue weighted by Gasteiger charge is 2.36. The van der Waals surface area contributed by atoms with Gasteiger partial charge in [0.1, 0.15) is 28.9 Å². The molecule has 0 fully saturated rings. The molecule has 0 radical (unpaired) electrons. The summed E-state index contributed by atoms with van der Waals surface area (Å²) in [5, 5.41) is 31.4. The van der Waals surface area contributed by atoms with Gasteiger partial charge >= 0.3 is 0 Å². The summed E-state index contributed by atoms with van der Waals surface area (Å²) < 4.78 is 16.6. The number of hydrogen-bond acceptors (Lipinski definition) is 7. The van der Waals surface area contributed by atoms with Gasteiger partial charge in [-0.05, 0) is 29.3 Å². The fourth-order valence-electron chi connectivity index (χ4n) is 3.91. The third-order valence-electron chi connectivity index (χ3n) is 5.56. The van der Waals surface area contributed by atoms with Crippen molar-refractivity contribution >= 4 is 11.9 Å². The average Bonchev–Trinajstić information content (AvgIpc) is 2.83. The lowest BCUT2D eigenvalue weighted by molar-refractivity contribution is 0.0190. The molecule has 0 spiro atoms. The number of allylic oxidation sites excluding steroid dienone is 1. The van der Waals surface area contributed by atoms with E-state index in [9.17, 15) is 20.1 Å². The molecule has 1 aliphatic rings. The quantitative estimate of drug-likeness (QED) is 0.386. The Labute approximate surface area is 191 Å². The minimum absolute atomic E-state index is 0.0133. The lowest BCUT2D eigenvalue weighted by atomic mass is 9.91. The molecule has 0 saturated heterocycles. The number of hydrogen-bond donors (Lipinski definition) is 3. The number of aliphatic hydroxyl groups excluding tert-OH is 1. The summed E-state index contributed by atoms with van der Waals surface area (Å²) in [5.41, 5.74) is 1.85. The number of ketones is 1. The Hall–Kier alpha value is -3.97. The van der Waals surface area contributed by atoms with Crippen LogP contribution in [0.1, 0.15) is 33.2 Å². The second-order valence-electron chi connectivity index (χ2n) is 7.63. The van der Waals surface area contributed by atoms with Crippen LogP contribution in [0.4, 0.5) is 0 Å². The number of rotatable bonds is 6. The van der Waals surface area contributed by atoms with Gasteiger partial charge in [0.15, 0.2) is 17.3 Å². The lowest BCUT2D eigenvalue weighted by Gasteiger charge is -2.33. The molecule has 0 aliphatic carbocycles. The maximum atomic E-state index is 13.1. The minimum atomic E-state index is -0.965. The van der Waals surface area contributed by atoms with Crippen LogP contribution in [0, 0.1) is 0 Å². The highest BCUT2D eigenvalue weighted by Crippen LogP contribution is 2.46. The molecule has 170 valence electrons. The van der Waals surface area contributed by atoms with Crippen molar-refractivity contribution in [3.8, 4) is 28.7 Å². The standard InChI is InChI=1S/C26H24O7/c1-31-22-14-20(29)24(19(28)10-8-15-6-4-3-5-7-15)26-17(22)13-21(30)25(33-26)16-9-11-18(27)23(12-16)32-2/h3-12,14,21,25,27,29-30H,13H2,1-2H3/b10-8+/t21-,25+/m0/s1. The molecule has 0 bridgehead atoms. The fraction of sp³-hybridized carbons (Fsp3) is 0.192. The third kappa shape index (κ3) is 4.36. The summed E-state index contributed by atoms with van der Waals surface area (Å²) in [6, 6.07) is 15.3. The van der Waals surface area contributed by atoms with Gasteiger partial charge in [0.05, 0.1) is 20.3 Å². The number of phenols is 2. The second kappa shape index (κ2) is 9.26. The van der Waals surface area contributed by atoms with Gasteiger partial charge in [-0.3, -0.25) is 4.79 Å². The maximum absolute atomic E-state index is 13.1. The molecule has 1 heterocycles. The molecule has 0 aromatic heterocycles. The zero-order valence-corrected chi connectivity index (χ0v) is 18.2. The van der Waals surface area contributed by atoms with E-state index in [0.717, 1.165) is 5.56 Å². The van der Waals surface area contributed by atoms with Crippen molar-refractivity contribution in [3.63, 3.8) is 0 Å². The Bertz CT molecular complexity index is 1200. The third-order valence-corrected chi connectivity index (χ3v) is 5.56. The van der Waals surface area contributed by atoms with Crippen molar-refractivity contribution in [2.45, 2.75) is 18.6 Å². The van der Waals surface area contributed by atoms with Crippen LogP contribution in [0.15, 0.2) is 60.7 Å². The van der Waals surface area contributed by atoms with Crippen molar-refractivity contribution in [2.75, 3.05) is 14.2 Å². The second-order valence-corrected chi connectivity index (χ2v) is 7.63. The van der Waals surface area contributed by atoms with E-state index in [1.807, 2.05) is 30.3 Å². The molecule has 0 saturated carbocycles. The van der Waals surface area contributed by atoms with Gasteiger partial charge in [-0.15, -0.1) is 0 Å². The molecule has 33 heavy (non-hydrogen) atoms. The average molecular weight is 448 g/mol. The number of fused-ring (bicyclic) bond motifs is 1. The summed E-state index contributed by atoms with van der Waals surface area (Å²) in [6.07, 6.45) is 1.33. The number of methoxy groups -OCH3 is 2. The molecule has 3 N–H and O–H groups in total. The van der Waals surface area contributed by atoms with E-state index < -0.39 is 18.0 Å². The topological polar surface area (TPSA) is 105 Å². The van der Waals surface area contributed by atoms with Crippen LogP contribution in [-0.2, 0) is 6.42 Å². The molecule has 0 unspecified atom stereocenters. The minimum Gasteiger partial charge on any atom is -0.507 e. The molecule has 7 heteroatoms. The van der Waals surface area contributed by atoms with Crippen LogP contribution in [-0.4, -0.2) is 41.4 Å². The van der Waals surface area contributed by atoms with E-state index in [4.69, 9.17) is 14.2 Å². The van der Waals surface area contributed by atoms with E-state index in [2.05, 4.69) is 0 Å². The van der Waals surface area contributed by atoms with Crippen LogP contribution in [0.2, 0.25) is 0 Å². The molecule has 0 amide bonds. The normalized spacial score (nSPS) is 17.3. The Balaban J connectivity index is 1.76. The zero-order chi connectivity index (χ0) is 23.5. The predicted octanol–water partition coefficient (Wildman–Crippen LogP) is 4.05. The van der Waals surface area contributed by atoms with Crippen molar-refractivity contribution in [1.82, 2.24) is 0 Å². The van der Waals surface area contributed by atoms with E-state index in [1.54, 1.807) is 18.2 Å². The summed E-state index contributed by atoms with van der Waals surface area (Å²) in [7, 11) is 2.86. The largest absolute Gasteiger partial charge is 0.507 e. The lowest BCUT2D eigenvalue weighted by Crippen LogP contribution is -2.31. The van der Waals surface area contributed by atoms with E-state index in [-0.39, 0.29) is 35.0 Å². The first-order valence-corrected chi connectivity index (χ1v) is 10.3. The van der Waals surface area contributed by atoms with Gasteiger partial charge in [0.2, 0.25) is 0 Å². The molecule has 3 aromatic rings. The van der Waals surface area contributed by atoms with Crippen molar-refractivity contribution < 1.29 is 34.3 Å². The number of carbonyl (C=O) groups is 1. The Morgan fingerprint density at radius 1 is 1.00 bits per heavy atom. The zero-order valence-electron chi connectivity index (χ0n) is 18.2. The monoisotopic (exact) mass is 448 g/mol. The Morgan fingerprint density at radius 3 is 2.42 bits per heavy atom. The molecular weight excluding hydrogens is 424 g/mol.